The maximum absolute atomic E-state index is 12.1. The highest BCUT2D eigenvalue weighted by molar-refractivity contribution is 14.1. The molecule has 0 aliphatic rings. The molecule has 17 heavy (non-hydrogen) atoms. The van der Waals surface area contributed by atoms with Gasteiger partial charge in [0.05, 0.1) is 22.3 Å². The van der Waals surface area contributed by atoms with E-state index >= 15 is 0 Å². The molecular weight excluding hydrogens is 371 g/mol. The van der Waals surface area contributed by atoms with Gasteiger partial charge in [-0.1, -0.05) is 11.6 Å². The molecule has 0 saturated heterocycles. The Morgan fingerprint density at radius 2 is 2.00 bits per heavy atom. The van der Waals surface area contributed by atoms with Crippen LogP contribution in [0.1, 0.15) is 17.9 Å². The zero-order valence-corrected chi connectivity index (χ0v) is 11.7. The van der Waals surface area contributed by atoms with Gasteiger partial charge in [0.2, 0.25) is 0 Å². The van der Waals surface area contributed by atoms with Crippen molar-refractivity contribution in [2.45, 2.75) is 25.6 Å². The third-order valence-corrected chi connectivity index (χ3v) is 3.56. The van der Waals surface area contributed by atoms with Crippen molar-refractivity contribution in [3.8, 4) is 0 Å². The second kappa shape index (κ2) is 6.14. The van der Waals surface area contributed by atoms with Crippen LogP contribution < -0.4 is 0 Å². The number of aryl methyl sites for hydroxylation is 1. The molecule has 0 radical (unpaired) electrons. The number of alkyl halides is 3. The molecule has 1 aromatic heterocycles. The van der Waals surface area contributed by atoms with E-state index in [2.05, 4.69) is 9.97 Å². The minimum absolute atomic E-state index is 0.0831. The lowest BCUT2D eigenvalue weighted by atomic mass is 10.3. The first-order valence-corrected chi connectivity index (χ1v) is 6.05. The van der Waals surface area contributed by atoms with E-state index in [1.165, 1.54) is 7.11 Å². The van der Waals surface area contributed by atoms with Gasteiger partial charge in [0.25, 0.3) is 0 Å². The summed E-state index contributed by atoms with van der Waals surface area (Å²) in [6.45, 7) is 0.194. The molecule has 1 aromatic rings. The van der Waals surface area contributed by atoms with Gasteiger partial charge in [0.15, 0.2) is 0 Å². The van der Waals surface area contributed by atoms with Crippen molar-refractivity contribution >= 4 is 34.2 Å². The Hall–Kier alpha value is -0.150. The summed E-state index contributed by atoms with van der Waals surface area (Å²) in [5.74, 6) is 0.0831. The predicted molar refractivity (Wildman–Crippen MR) is 64.8 cm³/mol. The van der Waals surface area contributed by atoms with Crippen LogP contribution in [0.5, 0.6) is 0 Å². The third-order valence-electron chi connectivity index (χ3n) is 1.84. The number of rotatable bonds is 4. The highest BCUT2D eigenvalue weighted by atomic mass is 127. The van der Waals surface area contributed by atoms with E-state index in [1.54, 1.807) is 0 Å². The molecule has 0 bridgehead atoms. The smallest absolute Gasteiger partial charge is 0.378 e. The summed E-state index contributed by atoms with van der Waals surface area (Å²) in [5, 5.41) is 0.157. The molecule has 8 heteroatoms. The average Bonchev–Trinajstić information content (AvgIpc) is 2.21. The average molecular weight is 381 g/mol. The van der Waals surface area contributed by atoms with Gasteiger partial charge in [0.1, 0.15) is 11.0 Å². The van der Waals surface area contributed by atoms with Crippen LogP contribution in [0.2, 0.25) is 5.15 Å². The molecule has 0 spiro atoms. The van der Waals surface area contributed by atoms with Gasteiger partial charge in [-0.3, -0.25) is 0 Å². The second-order valence-corrected chi connectivity index (χ2v) is 4.68. The number of ether oxygens (including phenoxy) is 1. The Kier molecular flexibility index (Phi) is 5.39. The Morgan fingerprint density at radius 1 is 1.35 bits per heavy atom. The van der Waals surface area contributed by atoms with Crippen molar-refractivity contribution in [3.63, 3.8) is 0 Å². The van der Waals surface area contributed by atoms with Crippen molar-refractivity contribution in [1.82, 2.24) is 9.97 Å². The van der Waals surface area contributed by atoms with Gasteiger partial charge in [0, 0.05) is 13.5 Å². The summed E-state index contributed by atoms with van der Waals surface area (Å²) in [7, 11) is 1.47. The molecule has 0 unspecified atom stereocenters. The molecule has 1 heterocycles. The minimum atomic E-state index is -4.22. The zero-order chi connectivity index (χ0) is 13.1. The maximum atomic E-state index is 12.1. The topological polar surface area (TPSA) is 35.0 Å². The van der Waals surface area contributed by atoms with Gasteiger partial charge < -0.3 is 4.74 Å². The van der Waals surface area contributed by atoms with Crippen LogP contribution in [-0.4, -0.2) is 23.3 Å². The van der Waals surface area contributed by atoms with Gasteiger partial charge in [-0.05, 0) is 22.6 Å². The van der Waals surface area contributed by atoms with Crippen LogP contribution in [0.3, 0.4) is 0 Å². The van der Waals surface area contributed by atoms with Crippen molar-refractivity contribution in [2.75, 3.05) is 7.11 Å². The summed E-state index contributed by atoms with van der Waals surface area (Å²) in [5.41, 5.74) is 0.505. The van der Waals surface area contributed by atoms with E-state index in [4.69, 9.17) is 16.3 Å². The van der Waals surface area contributed by atoms with Crippen molar-refractivity contribution in [3.05, 3.63) is 20.2 Å². The van der Waals surface area contributed by atoms with Crippen LogP contribution in [-0.2, 0) is 17.8 Å². The van der Waals surface area contributed by atoms with Gasteiger partial charge in [-0.2, -0.15) is 13.2 Å². The summed E-state index contributed by atoms with van der Waals surface area (Å²) in [6.07, 6.45) is -5.46. The first-order valence-electron chi connectivity index (χ1n) is 4.60. The predicted octanol–water partition coefficient (Wildman–Crippen LogP) is 3.38. The number of hydrogen-bond donors (Lipinski definition) is 0. The van der Waals surface area contributed by atoms with E-state index in [0.717, 1.165) is 0 Å². The molecule has 0 N–H and O–H groups in total. The number of nitrogens with zero attached hydrogens (tertiary/aromatic N) is 2. The van der Waals surface area contributed by atoms with Crippen LogP contribution in [0.4, 0.5) is 13.2 Å². The number of halogens is 5. The summed E-state index contributed by atoms with van der Waals surface area (Å²) in [6, 6.07) is 0. The molecule has 0 amide bonds. The fraction of sp³-hybridized carbons (Fsp3) is 0.556. The first-order chi connectivity index (χ1) is 7.83. The standard InChI is InChI=1S/C9H9ClF3IN2O/c1-17-4-5-7(14)8(10)16-6(15-5)2-3-9(11,12)13/h2-4H2,1H3. The van der Waals surface area contributed by atoms with Crippen LogP contribution >= 0.6 is 34.2 Å². The molecular formula is C9H9ClF3IN2O. The van der Waals surface area contributed by atoms with Gasteiger partial charge in [-0.15, -0.1) is 0 Å². The Bertz CT molecular complexity index is 401. The summed E-state index contributed by atoms with van der Waals surface area (Å²) in [4.78, 5) is 7.81. The normalized spacial score (nSPS) is 11.9. The van der Waals surface area contributed by atoms with Crippen LogP contribution in [0, 0.1) is 3.57 Å². The van der Waals surface area contributed by atoms with E-state index in [-0.39, 0.29) is 24.0 Å². The van der Waals surface area contributed by atoms with Crippen molar-refractivity contribution < 1.29 is 17.9 Å². The fourth-order valence-corrected chi connectivity index (χ4v) is 1.71. The number of hydrogen-bond acceptors (Lipinski definition) is 3. The second-order valence-electron chi connectivity index (χ2n) is 3.24. The molecule has 0 fully saturated rings. The lowest BCUT2D eigenvalue weighted by Crippen LogP contribution is -2.12. The highest BCUT2D eigenvalue weighted by Gasteiger charge is 2.27. The molecule has 0 aliphatic carbocycles. The minimum Gasteiger partial charge on any atom is -0.378 e. The zero-order valence-electron chi connectivity index (χ0n) is 8.81. The van der Waals surface area contributed by atoms with E-state index in [9.17, 15) is 13.2 Å². The third kappa shape index (κ3) is 4.92. The monoisotopic (exact) mass is 380 g/mol. The van der Waals surface area contributed by atoms with E-state index in [1.807, 2.05) is 22.6 Å². The van der Waals surface area contributed by atoms with Gasteiger partial charge >= 0.3 is 6.18 Å². The Morgan fingerprint density at radius 3 is 2.53 bits per heavy atom. The Balaban J connectivity index is 2.86. The largest absolute Gasteiger partial charge is 0.389 e. The highest BCUT2D eigenvalue weighted by Crippen LogP contribution is 2.24. The molecule has 0 saturated carbocycles. The maximum Gasteiger partial charge on any atom is 0.389 e. The lowest BCUT2D eigenvalue weighted by Gasteiger charge is -2.09. The fourth-order valence-electron chi connectivity index (χ4n) is 1.11. The summed E-state index contributed by atoms with van der Waals surface area (Å²) < 4.78 is 41.7. The van der Waals surface area contributed by atoms with Crippen LogP contribution in [0.25, 0.3) is 0 Å². The first kappa shape index (κ1) is 14.9. The molecule has 1 rings (SSSR count). The van der Waals surface area contributed by atoms with Crippen molar-refractivity contribution in [1.29, 1.82) is 0 Å². The van der Waals surface area contributed by atoms with Gasteiger partial charge in [-0.25, -0.2) is 9.97 Å². The number of aromatic nitrogens is 2. The molecule has 0 aromatic carbocycles. The van der Waals surface area contributed by atoms with Crippen LogP contribution in [0.15, 0.2) is 0 Å². The molecule has 0 aliphatic heterocycles. The SMILES string of the molecule is COCc1nc(CCC(F)(F)F)nc(Cl)c1I. The molecule has 3 nitrogen and oxygen atoms in total. The van der Waals surface area contributed by atoms with E-state index < -0.39 is 12.6 Å². The number of methoxy groups -OCH3 is 1. The molecule has 0 atom stereocenters. The molecule has 96 valence electrons. The van der Waals surface area contributed by atoms with Crippen molar-refractivity contribution in [2.24, 2.45) is 0 Å². The Labute approximate surface area is 115 Å². The summed E-state index contributed by atoms with van der Waals surface area (Å²) >= 11 is 7.74. The quantitative estimate of drug-likeness (QED) is 0.593. The lowest BCUT2D eigenvalue weighted by molar-refractivity contribution is -0.134. The van der Waals surface area contributed by atoms with E-state index in [0.29, 0.717) is 9.26 Å².